The summed E-state index contributed by atoms with van der Waals surface area (Å²) in [6.45, 7) is 2.90. The average Bonchev–Trinajstić information content (AvgIpc) is 2.45. The summed E-state index contributed by atoms with van der Waals surface area (Å²) >= 11 is 0. The Labute approximate surface area is 124 Å². The Bertz CT molecular complexity index is 554. The third-order valence-electron chi connectivity index (χ3n) is 3.38. The molecule has 1 aromatic rings. The van der Waals surface area contributed by atoms with Crippen molar-refractivity contribution in [1.82, 2.24) is 0 Å². The van der Waals surface area contributed by atoms with Gasteiger partial charge in [-0.3, -0.25) is 8.98 Å². The van der Waals surface area contributed by atoms with E-state index in [1.165, 1.54) is 12.1 Å². The van der Waals surface area contributed by atoms with E-state index in [4.69, 9.17) is 9.29 Å². The Hall–Kier alpha value is -1.44. The fourth-order valence-electron chi connectivity index (χ4n) is 1.96. The lowest BCUT2D eigenvalue weighted by atomic mass is 9.87. The fraction of sp³-hybridized carbons (Fsp3) is 0.500. The van der Waals surface area contributed by atoms with Crippen LogP contribution in [0.2, 0.25) is 0 Å². The highest BCUT2D eigenvalue weighted by Gasteiger charge is 2.32. The molecular formula is C14H20O6S. The summed E-state index contributed by atoms with van der Waals surface area (Å²) in [5.74, 6) is -2.53. The molecule has 2 N–H and O–H groups in total. The SMILES string of the molecule is CCC(C)C(C(=O)O)C(O)COS(=O)(=O)c1ccccc1. The van der Waals surface area contributed by atoms with E-state index in [1.54, 1.807) is 32.0 Å². The molecule has 0 saturated carbocycles. The van der Waals surface area contributed by atoms with Crippen molar-refractivity contribution in [3.8, 4) is 0 Å². The summed E-state index contributed by atoms with van der Waals surface area (Å²) in [7, 11) is -4.00. The molecule has 0 spiro atoms. The predicted molar refractivity (Wildman–Crippen MR) is 76.2 cm³/mol. The molecule has 0 amide bonds. The maximum Gasteiger partial charge on any atom is 0.309 e. The van der Waals surface area contributed by atoms with Crippen LogP contribution < -0.4 is 0 Å². The molecule has 3 unspecified atom stereocenters. The van der Waals surface area contributed by atoms with E-state index in [-0.39, 0.29) is 10.8 Å². The summed E-state index contributed by atoms with van der Waals surface area (Å²) in [6, 6.07) is 7.49. The molecule has 0 aliphatic carbocycles. The van der Waals surface area contributed by atoms with Gasteiger partial charge in [-0.15, -0.1) is 0 Å². The van der Waals surface area contributed by atoms with E-state index in [9.17, 15) is 18.3 Å². The van der Waals surface area contributed by atoms with Gasteiger partial charge in [0.15, 0.2) is 0 Å². The predicted octanol–water partition coefficient (Wildman–Crippen LogP) is 1.50. The van der Waals surface area contributed by atoms with E-state index in [0.29, 0.717) is 6.42 Å². The highest BCUT2D eigenvalue weighted by atomic mass is 32.2. The van der Waals surface area contributed by atoms with Crippen LogP contribution in [-0.4, -0.2) is 37.3 Å². The maximum absolute atomic E-state index is 11.9. The van der Waals surface area contributed by atoms with E-state index in [0.717, 1.165) is 0 Å². The lowest BCUT2D eigenvalue weighted by Gasteiger charge is -2.23. The number of aliphatic carboxylic acids is 1. The second-order valence-electron chi connectivity index (χ2n) is 4.87. The fourth-order valence-corrected chi connectivity index (χ4v) is 2.90. The molecule has 21 heavy (non-hydrogen) atoms. The molecule has 0 heterocycles. The zero-order valence-corrected chi connectivity index (χ0v) is 12.8. The van der Waals surface area contributed by atoms with Crippen LogP contribution in [-0.2, 0) is 19.1 Å². The molecule has 1 rings (SSSR count). The van der Waals surface area contributed by atoms with Gasteiger partial charge >= 0.3 is 5.97 Å². The Kier molecular flexibility index (Phi) is 6.32. The first-order valence-corrected chi connectivity index (χ1v) is 8.05. The van der Waals surface area contributed by atoms with Gasteiger partial charge in [-0.1, -0.05) is 38.5 Å². The van der Waals surface area contributed by atoms with Gasteiger partial charge in [-0.2, -0.15) is 8.42 Å². The second kappa shape index (κ2) is 7.53. The zero-order chi connectivity index (χ0) is 16.0. The van der Waals surface area contributed by atoms with Gasteiger partial charge in [-0.25, -0.2) is 0 Å². The lowest BCUT2D eigenvalue weighted by Crippen LogP contribution is -2.37. The van der Waals surface area contributed by atoms with Crippen molar-refractivity contribution >= 4 is 16.1 Å². The number of hydrogen-bond acceptors (Lipinski definition) is 5. The number of hydrogen-bond donors (Lipinski definition) is 2. The monoisotopic (exact) mass is 316 g/mol. The molecule has 3 atom stereocenters. The molecule has 0 saturated heterocycles. The van der Waals surface area contributed by atoms with Crippen LogP contribution in [0.25, 0.3) is 0 Å². The van der Waals surface area contributed by atoms with Crippen molar-refractivity contribution in [2.75, 3.05) is 6.61 Å². The number of aliphatic hydroxyl groups excluding tert-OH is 1. The van der Waals surface area contributed by atoms with Crippen molar-refractivity contribution in [3.63, 3.8) is 0 Å². The third kappa shape index (κ3) is 4.80. The summed E-state index contributed by atoms with van der Waals surface area (Å²) < 4.78 is 28.5. The van der Waals surface area contributed by atoms with Crippen LogP contribution in [0.4, 0.5) is 0 Å². The largest absolute Gasteiger partial charge is 0.481 e. The molecule has 0 aromatic heterocycles. The first-order valence-electron chi connectivity index (χ1n) is 6.65. The normalized spacial score (nSPS) is 16.1. The van der Waals surface area contributed by atoms with Gasteiger partial charge in [0.2, 0.25) is 0 Å². The van der Waals surface area contributed by atoms with Crippen LogP contribution in [0.5, 0.6) is 0 Å². The molecule has 0 bridgehead atoms. The number of aliphatic hydroxyl groups is 1. The molecule has 0 aliphatic heterocycles. The molecule has 0 fully saturated rings. The average molecular weight is 316 g/mol. The highest BCUT2D eigenvalue weighted by Crippen LogP contribution is 2.21. The van der Waals surface area contributed by atoms with E-state index >= 15 is 0 Å². The van der Waals surface area contributed by atoms with Crippen LogP contribution in [0.15, 0.2) is 35.2 Å². The first kappa shape index (κ1) is 17.6. The molecular weight excluding hydrogens is 296 g/mol. The summed E-state index contributed by atoms with van der Waals surface area (Å²) in [5.41, 5.74) is 0. The molecule has 7 heteroatoms. The first-order chi connectivity index (χ1) is 9.79. The quantitative estimate of drug-likeness (QED) is 0.705. The molecule has 118 valence electrons. The Morgan fingerprint density at radius 1 is 1.29 bits per heavy atom. The highest BCUT2D eigenvalue weighted by molar-refractivity contribution is 7.86. The molecule has 1 aromatic carbocycles. The minimum absolute atomic E-state index is 0.0346. The summed E-state index contributed by atoms with van der Waals surface area (Å²) in [4.78, 5) is 11.1. The number of carboxylic acid groups (broad SMARTS) is 1. The van der Waals surface area contributed by atoms with Gasteiger partial charge in [0, 0.05) is 0 Å². The van der Waals surface area contributed by atoms with E-state index in [1.807, 2.05) is 0 Å². The molecule has 6 nitrogen and oxygen atoms in total. The van der Waals surface area contributed by atoms with Crippen molar-refractivity contribution in [1.29, 1.82) is 0 Å². The van der Waals surface area contributed by atoms with Gasteiger partial charge in [0.1, 0.15) is 0 Å². The van der Waals surface area contributed by atoms with E-state index in [2.05, 4.69) is 0 Å². The summed E-state index contributed by atoms with van der Waals surface area (Å²) in [5, 5.41) is 19.0. The van der Waals surface area contributed by atoms with Crippen molar-refractivity contribution in [2.24, 2.45) is 11.8 Å². The minimum atomic E-state index is -4.00. The zero-order valence-electron chi connectivity index (χ0n) is 12.0. The van der Waals surface area contributed by atoms with E-state index < -0.39 is 34.7 Å². The van der Waals surface area contributed by atoms with Gasteiger partial charge in [0.25, 0.3) is 10.1 Å². The second-order valence-corrected chi connectivity index (χ2v) is 6.48. The summed E-state index contributed by atoms with van der Waals surface area (Å²) in [6.07, 6.45) is -0.838. The van der Waals surface area contributed by atoms with Gasteiger partial charge in [-0.05, 0) is 18.1 Å². The van der Waals surface area contributed by atoms with Crippen molar-refractivity contribution < 1.29 is 27.6 Å². The van der Waals surface area contributed by atoms with Crippen LogP contribution >= 0.6 is 0 Å². The Morgan fingerprint density at radius 2 is 1.86 bits per heavy atom. The Morgan fingerprint density at radius 3 is 2.33 bits per heavy atom. The maximum atomic E-state index is 11.9. The van der Waals surface area contributed by atoms with Crippen molar-refractivity contribution in [2.45, 2.75) is 31.3 Å². The smallest absolute Gasteiger partial charge is 0.309 e. The number of rotatable bonds is 8. The minimum Gasteiger partial charge on any atom is -0.481 e. The van der Waals surface area contributed by atoms with Crippen LogP contribution in [0.1, 0.15) is 20.3 Å². The number of benzene rings is 1. The van der Waals surface area contributed by atoms with Crippen LogP contribution in [0.3, 0.4) is 0 Å². The Balaban J connectivity index is 2.75. The van der Waals surface area contributed by atoms with Gasteiger partial charge in [0.05, 0.1) is 23.5 Å². The number of carboxylic acids is 1. The number of carbonyl (C=O) groups is 1. The van der Waals surface area contributed by atoms with Gasteiger partial charge < -0.3 is 10.2 Å². The standard InChI is InChI=1S/C14H20O6S/c1-3-10(2)13(14(16)17)12(15)9-20-21(18,19)11-7-5-4-6-8-11/h4-8,10,12-13,15H,3,9H2,1-2H3,(H,16,17). The molecule has 0 aliphatic rings. The molecule has 0 radical (unpaired) electrons. The third-order valence-corrected chi connectivity index (χ3v) is 4.68. The topological polar surface area (TPSA) is 101 Å². The van der Waals surface area contributed by atoms with Crippen LogP contribution in [0, 0.1) is 11.8 Å². The van der Waals surface area contributed by atoms with Crippen molar-refractivity contribution in [3.05, 3.63) is 30.3 Å². The lowest BCUT2D eigenvalue weighted by molar-refractivity contribution is -0.149.